The summed E-state index contributed by atoms with van der Waals surface area (Å²) in [5.41, 5.74) is 14.2. The van der Waals surface area contributed by atoms with Gasteiger partial charge in [-0.3, -0.25) is 0 Å². The van der Waals surface area contributed by atoms with Gasteiger partial charge in [-0.15, -0.1) is 0 Å². The second-order valence-corrected chi connectivity index (χ2v) is 14.2. The zero-order chi connectivity index (χ0) is 37.0. The average Bonchev–Trinajstić information content (AvgIpc) is 3.80. The molecule has 0 amide bonds. The Labute approximate surface area is 324 Å². The minimum absolute atomic E-state index is 0.699. The number of fused-ring (bicyclic) bond motifs is 7. The highest BCUT2D eigenvalue weighted by atomic mass is 15.0. The van der Waals surface area contributed by atoms with Crippen molar-refractivity contribution in [2.75, 3.05) is 0 Å². The quantitative estimate of drug-likeness (QED) is 0.172. The van der Waals surface area contributed by atoms with E-state index in [-0.39, 0.29) is 0 Å². The van der Waals surface area contributed by atoms with E-state index in [0.29, 0.717) is 5.82 Å². The zero-order valence-electron chi connectivity index (χ0n) is 30.4. The molecule has 0 atom stereocenters. The molecule has 0 unspecified atom stereocenters. The standard InChI is InChI=1S/C52H34N4/c1-4-14-35(15-5-1)36-24-26-39(27-25-36)52-53-45(37-16-6-2-7-17-37)34-46(54-52)38-28-30-41(31-29-38)55-48-23-13-11-21-44(48)50-49(55)33-32-43-42-20-10-12-22-47(42)56(51(43)50)40-18-8-3-9-19-40/h1-34H. The van der Waals surface area contributed by atoms with Crippen molar-refractivity contribution in [3.05, 3.63) is 206 Å². The number of aromatic nitrogens is 4. The van der Waals surface area contributed by atoms with E-state index in [4.69, 9.17) is 9.97 Å². The predicted molar refractivity (Wildman–Crippen MR) is 232 cm³/mol. The van der Waals surface area contributed by atoms with Crippen LogP contribution in [0.25, 0.3) is 100 Å². The molecule has 0 aliphatic rings. The molecule has 0 fully saturated rings. The molecule has 4 heteroatoms. The molecule has 3 aromatic heterocycles. The second kappa shape index (κ2) is 13.1. The van der Waals surface area contributed by atoms with Crippen molar-refractivity contribution in [3.8, 4) is 56.4 Å². The monoisotopic (exact) mass is 714 g/mol. The van der Waals surface area contributed by atoms with Crippen LogP contribution in [0.1, 0.15) is 0 Å². The maximum absolute atomic E-state index is 5.17. The lowest BCUT2D eigenvalue weighted by molar-refractivity contribution is 1.17. The number of hydrogen-bond donors (Lipinski definition) is 0. The number of para-hydroxylation sites is 3. The molecule has 0 saturated carbocycles. The molecular weight excluding hydrogens is 681 g/mol. The number of benzene rings is 8. The first kappa shape index (κ1) is 31.9. The summed E-state index contributed by atoms with van der Waals surface area (Å²) in [6, 6.07) is 73.1. The Bertz CT molecular complexity index is 3200. The van der Waals surface area contributed by atoms with Gasteiger partial charge in [0.2, 0.25) is 0 Å². The third-order valence-corrected chi connectivity index (χ3v) is 11.0. The van der Waals surface area contributed by atoms with Gasteiger partial charge in [-0.25, -0.2) is 9.97 Å². The van der Waals surface area contributed by atoms with E-state index >= 15 is 0 Å². The zero-order valence-corrected chi connectivity index (χ0v) is 30.4. The fourth-order valence-electron chi connectivity index (χ4n) is 8.34. The van der Waals surface area contributed by atoms with Crippen molar-refractivity contribution < 1.29 is 0 Å². The number of nitrogens with zero attached hydrogens (tertiary/aromatic N) is 4. The minimum atomic E-state index is 0.699. The van der Waals surface area contributed by atoms with Crippen LogP contribution in [0.15, 0.2) is 206 Å². The van der Waals surface area contributed by atoms with Gasteiger partial charge in [0.15, 0.2) is 5.82 Å². The van der Waals surface area contributed by atoms with Crippen molar-refractivity contribution in [2.24, 2.45) is 0 Å². The van der Waals surface area contributed by atoms with E-state index in [9.17, 15) is 0 Å². The van der Waals surface area contributed by atoms with E-state index in [1.54, 1.807) is 0 Å². The largest absolute Gasteiger partial charge is 0.309 e. The third-order valence-electron chi connectivity index (χ3n) is 11.0. The molecule has 0 radical (unpaired) electrons. The molecule has 0 saturated heterocycles. The van der Waals surface area contributed by atoms with Crippen LogP contribution in [0.3, 0.4) is 0 Å². The van der Waals surface area contributed by atoms with Crippen molar-refractivity contribution in [3.63, 3.8) is 0 Å². The highest BCUT2D eigenvalue weighted by molar-refractivity contribution is 6.26. The van der Waals surface area contributed by atoms with Gasteiger partial charge < -0.3 is 9.13 Å². The van der Waals surface area contributed by atoms with Gasteiger partial charge in [0.05, 0.1) is 33.5 Å². The van der Waals surface area contributed by atoms with Gasteiger partial charge in [0.1, 0.15) is 0 Å². The molecule has 8 aromatic carbocycles. The van der Waals surface area contributed by atoms with Crippen LogP contribution in [0.5, 0.6) is 0 Å². The molecule has 0 bridgehead atoms. The molecule has 0 N–H and O–H groups in total. The molecule has 0 aliphatic heterocycles. The Kier molecular flexibility index (Phi) is 7.46. The lowest BCUT2D eigenvalue weighted by Gasteiger charge is -2.12. The van der Waals surface area contributed by atoms with E-state index < -0.39 is 0 Å². The van der Waals surface area contributed by atoms with Gasteiger partial charge in [-0.1, -0.05) is 158 Å². The summed E-state index contributed by atoms with van der Waals surface area (Å²) in [4.78, 5) is 10.2. The fourth-order valence-corrected chi connectivity index (χ4v) is 8.34. The van der Waals surface area contributed by atoms with Crippen molar-refractivity contribution >= 4 is 43.6 Å². The Morgan fingerprint density at radius 2 is 0.786 bits per heavy atom. The van der Waals surface area contributed by atoms with Crippen LogP contribution in [0.2, 0.25) is 0 Å². The second-order valence-electron chi connectivity index (χ2n) is 14.2. The summed E-state index contributed by atoms with van der Waals surface area (Å²) in [7, 11) is 0. The predicted octanol–water partition coefficient (Wildman–Crippen LogP) is 13.3. The summed E-state index contributed by atoms with van der Waals surface area (Å²) < 4.78 is 4.83. The van der Waals surface area contributed by atoms with Crippen LogP contribution < -0.4 is 0 Å². The Morgan fingerprint density at radius 1 is 0.304 bits per heavy atom. The van der Waals surface area contributed by atoms with Crippen LogP contribution >= 0.6 is 0 Å². The highest BCUT2D eigenvalue weighted by Gasteiger charge is 2.21. The lowest BCUT2D eigenvalue weighted by Crippen LogP contribution is -1.97. The van der Waals surface area contributed by atoms with Crippen molar-refractivity contribution in [1.29, 1.82) is 0 Å². The Hall–Kier alpha value is -7.56. The maximum atomic E-state index is 5.17. The topological polar surface area (TPSA) is 35.6 Å². The summed E-state index contributed by atoms with van der Waals surface area (Å²) in [5.74, 6) is 0.699. The smallest absolute Gasteiger partial charge is 0.160 e. The Balaban J connectivity index is 1.06. The van der Waals surface area contributed by atoms with Gasteiger partial charge in [-0.05, 0) is 59.7 Å². The molecule has 0 spiro atoms. The molecule has 0 aliphatic carbocycles. The molecule has 3 heterocycles. The summed E-state index contributed by atoms with van der Waals surface area (Å²) >= 11 is 0. The minimum Gasteiger partial charge on any atom is -0.309 e. The molecular formula is C52H34N4. The van der Waals surface area contributed by atoms with Gasteiger partial charge in [-0.2, -0.15) is 0 Å². The van der Waals surface area contributed by atoms with Crippen molar-refractivity contribution in [2.45, 2.75) is 0 Å². The summed E-state index contributed by atoms with van der Waals surface area (Å²) in [6.07, 6.45) is 0. The molecule has 11 aromatic rings. The molecule has 4 nitrogen and oxygen atoms in total. The molecule has 56 heavy (non-hydrogen) atoms. The SMILES string of the molecule is c1ccc(-c2ccc(-c3nc(-c4ccccc4)cc(-c4ccc(-n5c6ccccc6c6c5ccc5c7ccccc7n(-c7ccccc7)c56)cc4)n3)cc2)cc1. The third kappa shape index (κ3) is 5.23. The van der Waals surface area contributed by atoms with E-state index in [1.807, 2.05) is 12.1 Å². The first-order valence-corrected chi connectivity index (χ1v) is 19.0. The maximum Gasteiger partial charge on any atom is 0.160 e. The first-order chi connectivity index (χ1) is 27.8. The molecule has 11 rings (SSSR count). The van der Waals surface area contributed by atoms with Crippen LogP contribution in [0.4, 0.5) is 0 Å². The summed E-state index contributed by atoms with van der Waals surface area (Å²) in [5, 5.41) is 4.97. The highest BCUT2D eigenvalue weighted by Crippen LogP contribution is 2.42. The first-order valence-electron chi connectivity index (χ1n) is 19.0. The lowest BCUT2D eigenvalue weighted by atomic mass is 10.0. The van der Waals surface area contributed by atoms with Gasteiger partial charge in [0, 0.05) is 49.6 Å². The fraction of sp³-hybridized carbons (Fsp3) is 0. The van der Waals surface area contributed by atoms with E-state index in [1.165, 1.54) is 49.2 Å². The number of rotatable bonds is 6. The van der Waals surface area contributed by atoms with E-state index in [0.717, 1.165) is 45.0 Å². The van der Waals surface area contributed by atoms with Gasteiger partial charge >= 0.3 is 0 Å². The normalized spacial score (nSPS) is 11.6. The van der Waals surface area contributed by atoms with Crippen LogP contribution in [-0.4, -0.2) is 19.1 Å². The van der Waals surface area contributed by atoms with Crippen molar-refractivity contribution in [1.82, 2.24) is 19.1 Å². The number of hydrogen-bond acceptors (Lipinski definition) is 2. The molecule has 262 valence electrons. The van der Waals surface area contributed by atoms with Gasteiger partial charge in [0.25, 0.3) is 0 Å². The van der Waals surface area contributed by atoms with Crippen LogP contribution in [0, 0.1) is 0 Å². The summed E-state index contributed by atoms with van der Waals surface area (Å²) in [6.45, 7) is 0. The average molecular weight is 715 g/mol. The van der Waals surface area contributed by atoms with E-state index in [2.05, 4.69) is 203 Å². The van der Waals surface area contributed by atoms with Crippen LogP contribution in [-0.2, 0) is 0 Å². The Morgan fingerprint density at radius 3 is 1.46 bits per heavy atom.